The Hall–Kier alpha value is -1.30. The van der Waals surface area contributed by atoms with E-state index in [1.54, 1.807) is 0 Å². The lowest BCUT2D eigenvalue weighted by atomic mass is 9.85. The van der Waals surface area contributed by atoms with E-state index in [0.29, 0.717) is 5.92 Å². The molecule has 0 unspecified atom stereocenters. The molecule has 0 bridgehead atoms. The van der Waals surface area contributed by atoms with Crippen molar-refractivity contribution in [1.29, 1.82) is 0 Å². The van der Waals surface area contributed by atoms with E-state index in [0.717, 1.165) is 38.8 Å². The first kappa shape index (κ1) is 17.8. The summed E-state index contributed by atoms with van der Waals surface area (Å²) < 4.78 is 0. The molecule has 1 fully saturated rings. The van der Waals surface area contributed by atoms with Crippen LogP contribution in [0.5, 0.6) is 0 Å². The van der Waals surface area contributed by atoms with Crippen molar-refractivity contribution in [2.75, 3.05) is 19.6 Å². The molecule has 6 nitrogen and oxygen atoms in total. The van der Waals surface area contributed by atoms with Crippen LogP contribution in [0.25, 0.3) is 0 Å². The van der Waals surface area contributed by atoms with E-state index in [9.17, 15) is 9.59 Å². The summed E-state index contributed by atoms with van der Waals surface area (Å²) in [6.07, 6.45) is 3.81. The number of rotatable bonds is 9. The molecule has 0 heterocycles. The molecule has 3 N–H and O–H groups in total. The molecular weight excluding hydrogens is 270 g/mol. The Balaban J connectivity index is 2.21. The lowest BCUT2D eigenvalue weighted by Gasteiger charge is -2.42. The van der Waals surface area contributed by atoms with E-state index >= 15 is 0 Å². The number of carboxylic acid groups (broad SMARTS) is 1. The standard InChI is InChI=1S/C15H29N3O3/c1-4-11(5-2)9-16-15(21)17-12-7-13(8-12)18(6-3)10-14(19)20/h11-13H,4-10H2,1-3H3,(H,19,20)(H2,16,17,21). The predicted molar refractivity (Wildman–Crippen MR) is 82.3 cm³/mol. The SMILES string of the molecule is CCC(CC)CNC(=O)NC1CC(N(CC)CC(=O)O)C1. The lowest BCUT2D eigenvalue weighted by Crippen LogP contribution is -2.56. The van der Waals surface area contributed by atoms with Crippen LogP contribution in [0.4, 0.5) is 4.79 Å². The first-order valence-corrected chi connectivity index (χ1v) is 8.00. The fourth-order valence-corrected chi connectivity index (χ4v) is 2.73. The van der Waals surface area contributed by atoms with Gasteiger partial charge in [-0.3, -0.25) is 9.69 Å². The molecule has 1 saturated carbocycles. The third-order valence-electron chi connectivity index (χ3n) is 4.42. The molecule has 0 radical (unpaired) electrons. The monoisotopic (exact) mass is 299 g/mol. The van der Waals surface area contributed by atoms with Gasteiger partial charge in [0.05, 0.1) is 6.54 Å². The fraction of sp³-hybridized carbons (Fsp3) is 0.867. The Kier molecular flexibility index (Phi) is 7.50. The molecular formula is C15H29N3O3. The largest absolute Gasteiger partial charge is 0.480 e. The van der Waals surface area contributed by atoms with Crippen molar-refractivity contribution in [3.63, 3.8) is 0 Å². The topological polar surface area (TPSA) is 81.7 Å². The summed E-state index contributed by atoms with van der Waals surface area (Å²) in [6.45, 7) is 7.75. The van der Waals surface area contributed by atoms with E-state index < -0.39 is 5.97 Å². The van der Waals surface area contributed by atoms with Crippen molar-refractivity contribution >= 4 is 12.0 Å². The molecule has 0 aromatic carbocycles. The number of urea groups is 1. The molecule has 1 aliphatic rings. The number of amides is 2. The Morgan fingerprint density at radius 1 is 1.24 bits per heavy atom. The summed E-state index contributed by atoms with van der Waals surface area (Å²) in [6, 6.07) is 0.335. The van der Waals surface area contributed by atoms with Gasteiger partial charge in [0, 0.05) is 18.6 Å². The average molecular weight is 299 g/mol. The maximum absolute atomic E-state index is 11.8. The van der Waals surface area contributed by atoms with E-state index in [2.05, 4.69) is 24.5 Å². The number of carbonyl (C=O) groups excluding carboxylic acids is 1. The van der Waals surface area contributed by atoms with Crippen LogP contribution in [0.1, 0.15) is 46.5 Å². The van der Waals surface area contributed by atoms with Crippen molar-refractivity contribution < 1.29 is 14.7 Å². The third kappa shape index (κ3) is 5.91. The maximum atomic E-state index is 11.8. The van der Waals surface area contributed by atoms with Gasteiger partial charge in [-0.15, -0.1) is 0 Å². The molecule has 0 saturated heterocycles. The summed E-state index contributed by atoms with van der Waals surface area (Å²) >= 11 is 0. The van der Waals surface area contributed by atoms with Crippen LogP contribution < -0.4 is 10.6 Å². The number of carbonyl (C=O) groups is 2. The summed E-state index contributed by atoms with van der Waals surface area (Å²) in [5, 5.41) is 14.7. The highest BCUT2D eigenvalue weighted by molar-refractivity contribution is 5.74. The van der Waals surface area contributed by atoms with Gasteiger partial charge in [-0.2, -0.15) is 0 Å². The zero-order valence-corrected chi connectivity index (χ0v) is 13.4. The van der Waals surface area contributed by atoms with Gasteiger partial charge in [0.1, 0.15) is 0 Å². The minimum atomic E-state index is -0.795. The van der Waals surface area contributed by atoms with Crippen molar-refractivity contribution in [2.45, 2.75) is 58.5 Å². The molecule has 1 aliphatic carbocycles. The maximum Gasteiger partial charge on any atom is 0.317 e. The number of nitrogens with zero attached hydrogens (tertiary/aromatic N) is 1. The minimum Gasteiger partial charge on any atom is -0.480 e. The van der Waals surface area contributed by atoms with Gasteiger partial charge < -0.3 is 15.7 Å². The summed E-state index contributed by atoms with van der Waals surface area (Å²) in [7, 11) is 0. The van der Waals surface area contributed by atoms with Gasteiger partial charge in [-0.1, -0.05) is 33.6 Å². The Bertz CT molecular complexity index is 339. The number of hydrogen-bond acceptors (Lipinski definition) is 3. The smallest absolute Gasteiger partial charge is 0.317 e. The highest BCUT2D eigenvalue weighted by atomic mass is 16.4. The van der Waals surface area contributed by atoms with Crippen molar-refractivity contribution in [2.24, 2.45) is 5.92 Å². The van der Waals surface area contributed by atoms with Gasteiger partial charge in [-0.05, 0) is 25.3 Å². The van der Waals surface area contributed by atoms with Crippen LogP contribution in [0, 0.1) is 5.92 Å². The second-order valence-electron chi connectivity index (χ2n) is 5.82. The van der Waals surface area contributed by atoms with E-state index in [-0.39, 0.29) is 24.7 Å². The number of hydrogen-bond donors (Lipinski definition) is 3. The summed E-state index contributed by atoms with van der Waals surface area (Å²) in [4.78, 5) is 24.5. The van der Waals surface area contributed by atoms with Gasteiger partial charge in [0.2, 0.25) is 0 Å². The number of nitrogens with one attached hydrogen (secondary N) is 2. The second-order valence-corrected chi connectivity index (χ2v) is 5.82. The molecule has 0 spiro atoms. The molecule has 0 aromatic heterocycles. The van der Waals surface area contributed by atoms with Gasteiger partial charge >= 0.3 is 12.0 Å². The average Bonchev–Trinajstić information content (AvgIpc) is 2.41. The summed E-state index contributed by atoms with van der Waals surface area (Å²) in [5.74, 6) is -0.257. The number of aliphatic carboxylic acids is 1. The Morgan fingerprint density at radius 2 is 1.86 bits per heavy atom. The molecule has 2 amide bonds. The van der Waals surface area contributed by atoms with Crippen LogP contribution >= 0.6 is 0 Å². The molecule has 1 rings (SSSR count). The molecule has 0 atom stereocenters. The zero-order chi connectivity index (χ0) is 15.8. The number of likely N-dealkylation sites (N-methyl/N-ethyl adjacent to an activating group) is 1. The van der Waals surface area contributed by atoms with E-state index in [1.807, 2.05) is 11.8 Å². The lowest BCUT2D eigenvalue weighted by molar-refractivity contribution is -0.139. The Labute approximate surface area is 127 Å². The highest BCUT2D eigenvalue weighted by Crippen LogP contribution is 2.25. The van der Waals surface area contributed by atoms with Gasteiger partial charge in [0.25, 0.3) is 0 Å². The molecule has 0 aliphatic heterocycles. The fourth-order valence-electron chi connectivity index (χ4n) is 2.73. The van der Waals surface area contributed by atoms with Crippen molar-refractivity contribution in [3.8, 4) is 0 Å². The van der Waals surface area contributed by atoms with Gasteiger partial charge in [0.15, 0.2) is 0 Å². The van der Waals surface area contributed by atoms with Crippen molar-refractivity contribution in [3.05, 3.63) is 0 Å². The third-order valence-corrected chi connectivity index (χ3v) is 4.42. The normalized spacial score (nSPS) is 21.2. The predicted octanol–water partition coefficient (Wildman–Crippen LogP) is 1.66. The Morgan fingerprint density at radius 3 is 2.33 bits per heavy atom. The van der Waals surface area contributed by atoms with Crippen LogP contribution in [-0.2, 0) is 4.79 Å². The molecule has 122 valence electrons. The molecule has 6 heteroatoms. The minimum absolute atomic E-state index is 0.0781. The van der Waals surface area contributed by atoms with Crippen LogP contribution in [0.2, 0.25) is 0 Å². The number of carboxylic acids is 1. The van der Waals surface area contributed by atoms with Crippen LogP contribution in [0.15, 0.2) is 0 Å². The van der Waals surface area contributed by atoms with Crippen molar-refractivity contribution in [1.82, 2.24) is 15.5 Å². The highest BCUT2D eigenvalue weighted by Gasteiger charge is 2.34. The second kappa shape index (κ2) is 8.87. The van der Waals surface area contributed by atoms with Crippen LogP contribution in [-0.4, -0.2) is 53.7 Å². The first-order chi connectivity index (χ1) is 9.99. The summed E-state index contributed by atoms with van der Waals surface area (Å²) in [5.41, 5.74) is 0. The quantitative estimate of drug-likeness (QED) is 0.605. The van der Waals surface area contributed by atoms with Gasteiger partial charge in [-0.25, -0.2) is 4.79 Å². The first-order valence-electron chi connectivity index (χ1n) is 8.00. The zero-order valence-electron chi connectivity index (χ0n) is 13.4. The van der Waals surface area contributed by atoms with E-state index in [1.165, 1.54) is 0 Å². The molecule has 21 heavy (non-hydrogen) atoms. The molecule has 0 aromatic rings. The van der Waals surface area contributed by atoms with Crippen LogP contribution in [0.3, 0.4) is 0 Å². The van der Waals surface area contributed by atoms with E-state index in [4.69, 9.17) is 5.11 Å².